The van der Waals surface area contributed by atoms with Gasteiger partial charge in [-0.1, -0.05) is 11.6 Å². The van der Waals surface area contributed by atoms with Crippen LogP contribution < -0.4 is 16.0 Å². The molecular weight excluding hydrogens is 390 g/mol. The molecule has 0 radical (unpaired) electrons. The van der Waals surface area contributed by atoms with E-state index in [0.717, 1.165) is 17.2 Å². The quantitative estimate of drug-likeness (QED) is 0.719. The van der Waals surface area contributed by atoms with Crippen LogP contribution in [0.1, 0.15) is 5.56 Å². The molecular formula is C19H19ClF2N4O2. The van der Waals surface area contributed by atoms with Gasteiger partial charge in [0, 0.05) is 43.0 Å². The van der Waals surface area contributed by atoms with Crippen molar-refractivity contribution < 1.29 is 18.3 Å². The zero-order valence-corrected chi connectivity index (χ0v) is 15.7. The predicted octanol–water partition coefficient (Wildman–Crippen LogP) is 2.79. The van der Waals surface area contributed by atoms with Crippen LogP contribution in [0.2, 0.25) is 0 Å². The summed E-state index contributed by atoms with van der Waals surface area (Å²) in [5, 5.41) is 9.21. The van der Waals surface area contributed by atoms with Gasteiger partial charge in [-0.3, -0.25) is 0 Å². The van der Waals surface area contributed by atoms with Crippen LogP contribution >= 0.6 is 11.6 Å². The summed E-state index contributed by atoms with van der Waals surface area (Å²) in [6.07, 6.45) is 4.98. The number of morpholine rings is 1. The molecule has 4 rings (SSSR count). The molecule has 148 valence electrons. The number of nitrogens with zero attached hydrogens (tertiary/aromatic N) is 1. The topological polar surface area (TPSA) is 65.6 Å². The summed E-state index contributed by atoms with van der Waals surface area (Å²) in [5.74, 6) is -1.45. The van der Waals surface area contributed by atoms with Crippen molar-refractivity contribution in [2.24, 2.45) is 0 Å². The van der Waals surface area contributed by atoms with Crippen molar-refractivity contribution in [1.29, 1.82) is 0 Å². The molecule has 0 aromatic heterocycles. The number of carbonyl (C=O) groups is 1. The van der Waals surface area contributed by atoms with Gasteiger partial charge in [0.1, 0.15) is 12.0 Å². The number of ether oxygens (including phenoxy) is 1. The lowest BCUT2D eigenvalue weighted by atomic mass is 9.97. The number of hydrogen-bond acceptors (Lipinski definition) is 4. The van der Waals surface area contributed by atoms with E-state index in [9.17, 15) is 13.6 Å². The Labute approximate surface area is 165 Å². The number of hydrogen-bond donors (Lipinski definition) is 3. The van der Waals surface area contributed by atoms with Gasteiger partial charge in [-0.15, -0.1) is 0 Å². The maximum atomic E-state index is 15.0. The highest BCUT2D eigenvalue weighted by Gasteiger charge is 2.27. The summed E-state index contributed by atoms with van der Waals surface area (Å²) in [5.41, 5.74) is 1.39. The van der Waals surface area contributed by atoms with Crippen molar-refractivity contribution in [3.63, 3.8) is 0 Å². The number of nitrogens with one attached hydrogen (secondary N) is 3. The Balaban J connectivity index is 1.54. The lowest BCUT2D eigenvalue weighted by molar-refractivity contribution is 0.0564. The van der Waals surface area contributed by atoms with E-state index >= 15 is 0 Å². The molecule has 3 N–H and O–H groups in total. The number of rotatable bonds is 3. The second kappa shape index (κ2) is 7.81. The Kier molecular flexibility index (Phi) is 5.23. The zero-order chi connectivity index (χ0) is 19.7. The van der Waals surface area contributed by atoms with E-state index < -0.39 is 17.7 Å². The molecule has 0 spiro atoms. The van der Waals surface area contributed by atoms with E-state index in [2.05, 4.69) is 16.0 Å². The van der Waals surface area contributed by atoms with E-state index in [0.29, 0.717) is 31.3 Å². The molecule has 1 fully saturated rings. The average Bonchev–Trinajstić information content (AvgIpc) is 3.10. The maximum Gasteiger partial charge on any atom is 0.322 e. The summed E-state index contributed by atoms with van der Waals surface area (Å²) in [6, 6.07) is 1.96. The molecule has 0 saturated carbocycles. The molecule has 9 heteroatoms. The molecule has 1 saturated heterocycles. The van der Waals surface area contributed by atoms with Crippen LogP contribution in [0.15, 0.2) is 46.8 Å². The third kappa shape index (κ3) is 3.70. The molecule has 0 aliphatic carbocycles. The fraction of sp³-hybridized carbons (Fsp3) is 0.316. The maximum absolute atomic E-state index is 15.0. The summed E-state index contributed by atoms with van der Waals surface area (Å²) < 4.78 is 34.6. The molecule has 28 heavy (non-hydrogen) atoms. The highest BCUT2D eigenvalue weighted by atomic mass is 35.5. The van der Waals surface area contributed by atoms with Gasteiger partial charge < -0.3 is 25.6 Å². The first-order chi connectivity index (χ1) is 13.5. The van der Waals surface area contributed by atoms with Crippen LogP contribution in [-0.2, 0) is 11.2 Å². The highest BCUT2D eigenvalue weighted by Crippen LogP contribution is 2.31. The molecule has 2 amide bonds. The van der Waals surface area contributed by atoms with Crippen LogP contribution in [0.5, 0.6) is 0 Å². The van der Waals surface area contributed by atoms with Gasteiger partial charge in [-0.2, -0.15) is 0 Å². The first-order valence-electron chi connectivity index (χ1n) is 8.92. The first kappa shape index (κ1) is 18.8. The van der Waals surface area contributed by atoms with Crippen molar-refractivity contribution in [3.05, 3.63) is 64.0 Å². The molecule has 3 heterocycles. The fourth-order valence-electron chi connectivity index (χ4n) is 3.37. The largest absolute Gasteiger partial charge is 0.378 e. The van der Waals surface area contributed by atoms with Gasteiger partial charge in [0.05, 0.1) is 23.9 Å². The van der Waals surface area contributed by atoms with Gasteiger partial charge in [-0.05, 0) is 23.8 Å². The van der Waals surface area contributed by atoms with Gasteiger partial charge in [-0.25, -0.2) is 13.6 Å². The van der Waals surface area contributed by atoms with Crippen LogP contribution in [0.25, 0.3) is 0 Å². The number of urea groups is 1. The molecule has 1 atom stereocenters. The highest BCUT2D eigenvalue weighted by molar-refractivity contribution is 6.31. The number of fused-ring (bicyclic) bond motifs is 1. The minimum absolute atomic E-state index is 0.0279. The molecule has 6 nitrogen and oxygen atoms in total. The number of carbonyl (C=O) groups excluding carboxylic acids is 1. The Morgan fingerprint density at radius 3 is 2.79 bits per heavy atom. The van der Waals surface area contributed by atoms with Crippen LogP contribution in [0, 0.1) is 11.6 Å². The van der Waals surface area contributed by atoms with Gasteiger partial charge in [0.2, 0.25) is 0 Å². The molecule has 3 aliphatic rings. The Hall–Kier alpha value is -2.58. The van der Waals surface area contributed by atoms with Crippen molar-refractivity contribution in [2.75, 3.05) is 31.6 Å². The van der Waals surface area contributed by atoms with Crippen molar-refractivity contribution in [1.82, 2.24) is 15.5 Å². The number of dihydropyridines is 1. The normalized spacial score (nSPS) is 21.0. The Morgan fingerprint density at radius 1 is 1.25 bits per heavy atom. The smallest absolute Gasteiger partial charge is 0.322 e. The van der Waals surface area contributed by atoms with Gasteiger partial charge >= 0.3 is 6.03 Å². The summed E-state index contributed by atoms with van der Waals surface area (Å²) in [6.45, 7) is 1.73. The molecule has 1 aromatic carbocycles. The van der Waals surface area contributed by atoms with E-state index in [1.807, 2.05) is 0 Å². The molecule has 0 bridgehead atoms. The van der Waals surface area contributed by atoms with Gasteiger partial charge in [0.25, 0.3) is 0 Å². The fourth-order valence-corrected chi connectivity index (χ4v) is 3.55. The first-order valence-corrected chi connectivity index (χ1v) is 9.30. The number of halogens is 3. The molecule has 3 aliphatic heterocycles. The second-order valence-corrected chi connectivity index (χ2v) is 7.10. The van der Waals surface area contributed by atoms with Crippen molar-refractivity contribution in [3.8, 4) is 0 Å². The Morgan fingerprint density at radius 2 is 2.00 bits per heavy atom. The minimum Gasteiger partial charge on any atom is -0.378 e. The van der Waals surface area contributed by atoms with E-state index in [1.165, 1.54) is 11.0 Å². The predicted molar refractivity (Wildman–Crippen MR) is 102 cm³/mol. The summed E-state index contributed by atoms with van der Waals surface area (Å²) >= 11 is 6.03. The number of amides is 2. The minimum atomic E-state index is -0.781. The SMILES string of the molecule is O=C(Nc1ccc(F)c(CC2=CNC3NC=C(Cl)C=C23)c1F)N1CCOCC1. The monoisotopic (exact) mass is 408 g/mol. The van der Waals surface area contributed by atoms with Gasteiger partial charge in [0.15, 0.2) is 5.82 Å². The Bertz CT molecular complexity index is 894. The molecule has 1 aromatic rings. The number of allylic oxidation sites excluding steroid dienone is 2. The lowest BCUT2D eigenvalue weighted by Gasteiger charge is -2.27. The van der Waals surface area contributed by atoms with E-state index in [4.69, 9.17) is 16.3 Å². The van der Waals surface area contributed by atoms with Crippen LogP contribution in [0.3, 0.4) is 0 Å². The van der Waals surface area contributed by atoms with E-state index in [-0.39, 0.29) is 23.8 Å². The summed E-state index contributed by atoms with van der Waals surface area (Å²) in [7, 11) is 0. The van der Waals surface area contributed by atoms with E-state index in [1.54, 1.807) is 18.5 Å². The third-order valence-electron chi connectivity index (χ3n) is 4.88. The van der Waals surface area contributed by atoms with Crippen molar-refractivity contribution in [2.45, 2.75) is 12.6 Å². The van der Waals surface area contributed by atoms with Crippen LogP contribution in [-0.4, -0.2) is 43.4 Å². The lowest BCUT2D eigenvalue weighted by Crippen LogP contribution is -2.43. The summed E-state index contributed by atoms with van der Waals surface area (Å²) in [4.78, 5) is 13.9. The number of benzene rings is 1. The number of anilines is 1. The van der Waals surface area contributed by atoms with Crippen molar-refractivity contribution >= 4 is 23.3 Å². The second-order valence-electron chi connectivity index (χ2n) is 6.66. The third-order valence-corrected chi connectivity index (χ3v) is 5.10. The molecule has 1 unspecified atom stereocenters. The standard InChI is InChI=1S/C19H19ClF2N4O2/c20-12-8-13-11(9-23-18(13)24-10-12)7-14-15(21)1-2-16(17(14)22)25-19(27)26-3-5-28-6-4-26/h1-2,8-10,18,23-24H,3-7H2,(H,25,27). The zero-order valence-electron chi connectivity index (χ0n) is 14.9. The average molecular weight is 409 g/mol. The van der Waals surface area contributed by atoms with Crippen LogP contribution in [0.4, 0.5) is 19.3 Å².